The van der Waals surface area contributed by atoms with Gasteiger partial charge in [-0.2, -0.15) is 0 Å². The van der Waals surface area contributed by atoms with Crippen molar-refractivity contribution in [1.82, 2.24) is 4.90 Å². The molecule has 1 unspecified atom stereocenters. The Kier molecular flexibility index (Phi) is 7.62. The number of nitrogens with zero attached hydrogens (tertiary/aromatic N) is 2. The molecule has 1 atom stereocenters. The topological polar surface area (TPSA) is 86.6 Å². The standard InChI is InChI=1S/C15H23ClN3O3S2.ClH/c1-4-18(5-2)14-19(6-3)15(20,10-23-14)11-7-8-12(16)13(9-11)24(17,21)22;/h7-9,20H,4-6,10H2,1-3H3,(H2,17,21,22);1H/q+1;/p-1. The Morgan fingerprint density at radius 3 is 2.44 bits per heavy atom. The SMILES string of the molecule is CCN1C(=[N+](CC)CC)SCC1(O)c1ccc(Cl)c(S(N)(=O)=O)c1.[Cl-]. The predicted octanol–water partition coefficient (Wildman–Crippen LogP) is -1.39. The second-order valence-electron chi connectivity index (χ2n) is 5.49. The van der Waals surface area contributed by atoms with Gasteiger partial charge in [0.05, 0.1) is 30.4 Å². The van der Waals surface area contributed by atoms with Crippen LogP contribution in [0.2, 0.25) is 5.02 Å². The molecule has 1 aromatic rings. The lowest BCUT2D eigenvalue weighted by Gasteiger charge is -2.28. The van der Waals surface area contributed by atoms with Crippen LogP contribution in [-0.4, -0.2) is 53.6 Å². The molecule has 25 heavy (non-hydrogen) atoms. The first-order valence-corrected chi connectivity index (χ1v) is 10.7. The zero-order chi connectivity index (χ0) is 18.1. The average Bonchev–Trinajstić information content (AvgIpc) is 2.86. The molecule has 1 aliphatic heterocycles. The molecule has 2 rings (SSSR count). The smallest absolute Gasteiger partial charge is 0.311 e. The van der Waals surface area contributed by atoms with E-state index in [0.29, 0.717) is 17.9 Å². The van der Waals surface area contributed by atoms with Crippen LogP contribution in [0, 0.1) is 0 Å². The quantitative estimate of drug-likeness (QED) is 0.565. The van der Waals surface area contributed by atoms with Gasteiger partial charge < -0.3 is 17.5 Å². The van der Waals surface area contributed by atoms with Crippen molar-refractivity contribution in [2.45, 2.75) is 31.4 Å². The number of nitrogens with two attached hydrogens (primary N) is 1. The van der Waals surface area contributed by atoms with Crippen molar-refractivity contribution in [2.24, 2.45) is 5.14 Å². The van der Waals surface area contributed by atoms with Crippen LogP contribution >= 0.6 is 23.4 Å². The fourth-order valence-corrected chi connectivity index (χ4v) is 5.44. The second-order valence-corrected chi connectivity index (χ2v) is 8.37. The van der Waals surface area contributed by atoms with Crippen LogP contribution in [0.5, 0.6) is 0 Å². The van der Waals surface area contributed by atoms with Crippen LogP contribution in [0.4, 0.5) is 0 Å². The Morgan fingerprint density at radius 2 is 1.96 bits per heavy atom. The molecule has 0 spiro atoms. The number of rotatable bonds is 5. The van der Waals surface area contributed by atoms with Crippen molar-refractivity contribution in [1.29, 1.82) is 0 Å². The molecule has 1 heterocycles. The molecular formula is C15H23Cl2N3O3S2. The zero-order valence-electron chi connectivity index (χ0n) is 14.4. The summed E-state index contributed by atoms with van der Waals surface area (Å²) in [7, 11) is -3.96. The third-order valence-electron chi connectivity index (χ3n) is 4.13. The minimum Gasteiger partial charge on any atom is -1.00 e. The summed E-state index contributed by atoms with van der Waals surface area (Å²) in [5, 5.41) is 17.6. The lowest BCUT2D eigenvalue weighted by Crippen LogP contribution is -3.00. The number of thioether (sulfide) groups is 1. The summed E-state index contributed by atoms with van der Waals surface area (Å²) in [6.45, 7) is 8.32. The Balaban J connectivity index is 0.00000312. The zero-order valence-corrected chi connectivity index (χ0v) is 17.5. The maximum absolute atomic E-state index is 11.7. The van der Waals surface area contributed by atoms with Gasteiger partial charge in [0.2, 0.25) is 15.7 Å². The summed E-state index contributed by atoms with van der Waals surface area (Å²) in [6.07, 6.45) is 0. The van der Waals surface area contributed by atoms with Gasteiger partial charge in [0.25, 0.3) is 0 Å². The van der Waals surface area contributed by atoms with E-state index < -0.39 is 15.7 Å². The van der Waals surface area contributed by atoms with Gasteiger partial charge >= 0.3 is 5.17 Å². The highest BCUT2D eigenvalue weighted by atomic mass is 35.5. The average molecular weight is 428 g/mol. The lowest BCUT2D eigenvalue weighted by atomic mass is 10.0. The van der Waals surface area contributed by atoms with Crippen molar-refractivity contribution in [3.63, 3.8) is 0 Å². The van der Waals surface area contributed by atoms with Crippen molar-refractivity contribution < 1.29 is 30.5 Å². The minimum absolute atomic E-state index is 0. The second kappa shape index (κ2) is 8.45. The van der Waals surface area contributed by atoms with Gasteiger partial charge in [-0.1, -0.05) is 17.7 Å². The number of aliphatic hydroxyl groups is 1. The summed E-state index contributed by atoms with van der Waals surface area (Å²) in [5.74, 6) is 0.401. The maximum Gasteiger partial charge on any atom is 0.311 e. The van der Waals surface area contributed by atoms with E-state index >= 15 is 0 Å². The molecule has 1 aliphatic rings. The third-order valence-corrected chi connectivity index (χ3v) is 6.81. The largest absolute Gasteiger partial charge is 1.00 e. The fourth-order valence-electron chi connectivity index (χ4n) is 2.84. The first-order chi connectivity index (χ1) is 11.2. The van der Waals surface area contributed by atoms with Crippen molar-refractivity contribution in [3.8, 4) is 0 Å². The number of primary sulfonamides is 1. The molecule has 1 saturated heterocycles. The molecule has 0 saturated carbocycles. The molecular weight excluding hydrogens is 405 g/mol. The van der Waals surface area contributed by atoms with Gasteiger partial charge in [-0.25, -0.2) is 18.5 Å². The predicted molar refractivity (Wildman–Crippen MR) is 97.9 cm³/mol. The van der Waals surface area contributed by atoms with Crippen LogP contribution in [0.25, 0.3) is 0 Å². The molecule has 0 radical (unpaired) electrons. The summed E-state index contributed by atoms with van der Waals surface area (Å²) in [6, 6.07) is 4.47. The normalized spacial score (nSPS) is 20.6. The monoisotopic (exact) mass is 427 g/mol. The van der Waals surface area contributed by atoms with Crippen molar-refractivity contribution >= 4 is 38.6 Å². The summed E-state index contributed by atoms with van der Waals surface area (Å²) in [4.78, 5) is 1.72. The highest BCUT2D eigenvalue weighted by Crippen LogP contribution is 2.40. The van der Waals surface area contributed by atoms with Gasteiger partial charge in [-0.15, -0.1) is 0 Å². The molecule has 0 amide bonds. The molecule has 0 aliphatic carbocycles. The molecule has 10 heteroatoms. The lowest BCUT2D eigenvalue weighted by molar-refractivity contribution is -0.523. The van der Waals surface area contributed by atoms with E-state index in [0.717, 1.165) is 18.3 Å². The minimum atomic E-state index is -3.96. The highest BCUT2D eigenvalue weighted by molar-refractivity contribution is 8.13. The fraction of sp³-hybridized carbons (Fsp3) is 0.533. The van der Waals surface area contributed by atoms with Crippen LogP contribution in [0.3, 0.4) is 0 Å². The van der Waals surface area contributed by atoms with E-state index in [1.165, 1.54) is 12.1 Å². The Hall–Kier alpha value is -0.510. The third kappa shape index (κ3) is 4.26. The van der Waals surface area contributed by atoms with E-state index in [1.807, 2.05) is 11.8 Å². The molecule has 1 aromatic carbocycles. The summed E-state index contributed by atoms with van der Waals surface area (Å²) >= 11 is 7.51. The van der Waals surface area contributed by atoms with Gasteiger partial charge in [0, 0.05) is 5.56 Å². The number of halogens is 2. The van der Waals surface area contributed by atoms with E-state index in [-0.39, 0.29) is 22.3 Å². The first-order valence-electron chi connectivity index (χ1n) is 7.76. The number of amidine groups is 1. The first kappa shape index (κ1) is 22.5. The van der Waals surface area contributed by atoms with Crippen molar-refractivity contribution in [2.75, 3.05) is 25.4 Å². The number of sulfonamides is 1. The van der Waals surface area contributed by atoms with Gasteiger partial charge in [0.15, 0.2) is 0 Å². The van der Waals surface area contributed by atoms with Gasteiger partial charge in [-0.3, -0.25) is 4.58 Å². The molecule has 142 valence electrons. The maximum atomic E-state index is 11.7. The van der Waals surface area contributed by atoms with Gasteiger partial charge in [-0.05, 0) is 44.7 Å². The Bertz CT molecular complexity index is 765. The van der Waals surface area contributed by atoms with Crippen molar-refractivity contribution in [3.05, 3.63) is 28.8 Å². The number of hydrogen-bond acceptors (Lipinski definition) is 4. The summed E-state index contributed by atoms with van der Waals surface area (Å²) < 4.78 is 25.6. The number of benzene rings is 1. The molecule has 1 fully saturated rings. The molecule has 3 N–H and O–H groups in total. The highest BCUT2D eigenvalue weighted by Gasteiger charge is 2.51. The van der Waals surface area contributed by atoms with Crippen LogP contribution < -0.4 is 17.5 Å². The summed E-state index contributed by atoms with van der Waals surface area (Å²) in [5.41, 5.74) is -0.839. The molecule has 0 aromatic heterocycles. The molecule has 0 bridgehead atoms. The van der Waals surface area contributed by atoms with Crippen LogP contribution in [0.1, 0.15) is 26.3 Å². The Labute approximate surface area is 164 Å². The van der Waals surface area contributed by atoms with E-state index in [2.05, 4.69) is 18.4 Å². The van der Waals surface area contributed by atoms with E-state index in [1.54, 1.807) is 17.8 Å². The van der Waals surface area contributed by atoms with E-state index in [9.17, 15) is 13.5 Å². The molecule has 6 nitrogen and oxygen atoms in total. The van der Waals surface area contributed by atoms with Crippen LogP contribution in [-0.2, 0) is 15.7 Å². The number of hydrogen-bond donors (Lipinski definition) is 2. The Morgan fingerprint density at radius 1 is 1.36 bits per heavy atom. The van der Waals surface area contributed by atoms with Crippen LogP contribution in [0.15, 0.2) is 23.1 Å². The van der Waals surface area contributed by atoms with Gasteiger partial charge in [0.1, 0.15) is 4.90 Å². The van der Waals surface area contributed by atoms with E-state index in [4.69, 9.17) is 16.7 Å².